The molecule has 2 unspecified atom stereocenters. The molecule has 0 aromatic heterocycles. The van der Waals surface area contributed by atoms with Gasteiger partial charge in [0.2, 0.25) is 10.0 Å². The van der Waals surface area contributed by atoms with Gasteiger partial charge in [0.15, 0.2) is 0 Å². The van der Waals surface area contributed by atoms with E-state index in [1.165, 1.54) is 17.3 Å². The third kappa shape index (κ3) is 2.67. The molecule has 1 heterocycles. The van der Waals surface area contributed by atoms with Crippen molar-refractivity contribution in [2.24, 2.45) is 5.92 Å². The van der Waals surface area contributed by atoms with E-state index >= 15 is 0 Å². The van der Waals surface area contributed by atoms with Gasteiger partial charge in [0.1, 0.15) is 5.82 Å². The normalized spacial score (nSPS) is 24.8. The second-order valence-corrected chi connectivity index (χ2v) is 7.60. The van der Waals surface area contributed by atoms with Gasteiger partial charge in [-0.25, -0.2) is 12.8 Å². The number of benzene rings is 1. The molecule has 2 rings (SSSR count). The summed E-state index contributed by atoms with van der Waals surface area (Å²) in [5, 5.41) is 0. The molecular formula is C14H21FN2O2S. The van der Waals surface area contributed by atoms with E-state index in [9.17, 15) is 12.8 Å². The van der Waals surface area contributed by atoms with Crippen LogP contribution >= 0.6 is 0 Å². The lowest BCUT2D eigenvalue weighted by Crippen LogP contribution is -2.44. The lowest BCUT2D eigenvalue weighted by atomic mass is 9.95. The lowest BCUT2D eigenvalue weighted by molar-refractivity contribution is 0.220. The van der Waals surface area contributed by atoms with Crippen LogP contribution in [0.1, 0.15) is 32.3 Å². The number of anilines is 1. The number of nitrogens with two attached hydrogens (primary N) is 1. The van der Waals surface area contributed by atoms with Crippen LogP contribution in [0.4, 0.5) is 10.1 Å². The Kier molecular flexibility index (Phi) is 4.07. The molecule has 0 spiro atoms. The van der Waals surface area contributed by atoms with Crippen molar-refractivity contribution in [1.82, 2.24) is 4.31 Å². The third-order valence-electron chi connectivity index (χ3n) is 4.04. The zero-order valence-electron chi connectivity index (χ0n) is 12.1. The largest absolute Gasteiger partial charge is 0.398 e. The minimum Gasteiger partial charge on any atom is -0.398 e. The van der Waals surface area contributed by atoms with Crippen molar-refractivity contribution in [2.45, 2.75) is 44.6 Å². The van der Waals surface area contributed by atoms with Gasteiger partial charge in [-0.3, -0.25) is 0 Å². The van der Waals surface area contributed by atoms with E-state index in [4.69, 9.17) is 5.73 Å². The molecule has 20 heavy (non-hydrogen) atoms. The van der Waals surface area contributed by atoms with E-state index in [2.05, 4.69) is 6.92 Å². The van der Waals surface area contributed by atoms with E-state index in [-0.39, 0.29) is 22.2 Å². The van der Waals surface area contributed by atoms with Gasteiger partial charge in [0.25, 0.3) is 0 Å². The Balaban J connectivity index is 2.40. The second kappa shape index (κ2) is 5.33. The molecule has 6 heteroatoms. The summed E-state index contributed by atoms with van der Waals surface area (Å²) in [5.74, 6) is -0.0714. The Morgan fingerprint density at radius 1 is 1.35 bits per heavy atom. The Bertz CT molecular complexity index is 593. The summed E-state index contributed by atoms with van der Waals surface area (Å²) in [6.07, 6.45) is 1.65. The molecule has 1 saturated heterocycles. The third-order valence-corrected chi connectivity index (χ3v) is 6.03. The fourth-order valence-electron chi connectivity index (χ4n) is 2.70. The molecular weight excluding hydrogens is 279 g/mol. The Hall–Kier alpha value is -1.14. The fourth-order valence-corrected chi connectivity index (χ4v) is 4.41. The highest BCUT2D eigenvalue weighted by atomic mass is 32.2. The summed E-state index contributed by atoms with van der Waals surface area (Å²) in [6.45, 7) is 6.01. The number of rotatable bonds is 2. The minimum absolute atomic E-state index is 0.0560. The highest BCUT2D eigenvalue weighted by Gasteiger charge is 2.33. The molecule has 1 aliphatic rings. The van der Waals surface area contributed by atoms with E-state index < -0.39 is 15.8 Å². The average molecular weight is 300 g/mol. The van der Waals surface area contributed by atoms with Crippen molar-refractivity contribution in [3.63, 3.8) is 0 Å². The maximum Gasteiger partial charge on any atom is 0.243 e. The molecule has 4 nitrogen and oxygen atoms in total. The quantitative estimate of drug-likeness (QED) is 0.854. The van der Waals surface area contributed by atoms with E-state index in [0.717, 1.165) is 18.9 Å². The van der Waals surface area contributed by atoms with Crippen LogP contribution < -0.4 is 5.73 Å². The van der Waals surface area contributed by atoms with Crippen molar-refractivity contribution >= 4 is 15.7 Å². The van der Waals surface area contributed by atoms with Crippen LogP contribution in [0.15, 0.2) is 17.0 Å². The van der Waals surface area contributed by atoms with Gasteiger partial charge in [-0.15, -0.1) is 0 Å². The Labute approximate surface area is 119 Å². The van der Waals surface area contributed by atoms with Crippen LogP contribution in [-0.2, 0) is 10.0 Å². The summed E-state index contributed by atoms with van der Waals surface area (Å²) in [4.78, 5) is -0.0560. The van der Waals surface area contributed by atoms with Gasteiger partial charge in [0.05, 0.1) is 4.90 Å². The SMILES string of the molecule is Cc1c(N)cc(S(=O)(=O)N2CCC(C)CC2C)cc1F. The topological polar surface area (TPSA) is 63.4 Å². The molecule has 112 valence electrons. The Morgan fingerprint density at radius 2 is 2.00 bits per heavy atom. The van der Waals surface area contributed by atoms with Crippen LogP contribution in [0.2, 0.25) is 0 Å². The number of sulfonamides is 1. The van der Waals surface area contributed by atoms with Crippen molar-refractivity contribution in [3.8, 4) is 0 Å². The first kappa shape index (κ1) is 15.3. The van der Waals surface area contributed by atoms with Crippen LogP contribution in [-0.4, -0.2) is 25.3 Å². The van der Waals surface area contributed by atoms with Gasteiger partial charge < -0.3 is 5.73 Å². The highest BCUT2D eigenvalue weighted by molar-refractivity contribution is 7.89. The molecule has 1 aliphatic heterocycles. The van der Waals surface area contributed by atoms with Crippen molar-refractivity contribution in [3.05, 3.63) is 23.5 Å². The summed E-state index contributed by atoms with van der Waals surface area (Å²) in [7, 11) is -3.68. The summed E-state index contributed by atoms with van der Waals surface area (Å²) < 4.78 is 40.4. The zero-order chi connectivity index (χ0) is 15.1. The number of nitrogens with zero attached hydrogens (tertiary/aromatic N) is 1. The fraction of sp³-hybridized carbons (Fsp3) is 0.571. The molecule has 2 N–H and O–H groups in total. The molecule has 1 aromatic rings. The summed E-state index contributed by atoms with van der Waals surface area (Å²) >= 11 is 0. The van der Waals surface area contributed by atoms with Gasteiger partial charge >= 0.3 is 0 Å². The van der Waals surface area contributed by atoms with Crippen LogP contribution in [0.3, 0.4) is 0 Å². The van der Waals surface area contributed by atoms with Gasteiger partial charge in [-0.1, -0.05) is 6.92 Å². The number of hydrogen-bond acceptors (Lipinski definition) is 3. The first-order valence-corrected chi connectivity index (χ1v) is 8.25. The first-order valence-electron chi connectivity index (χ1n) is 6.81. The van der Waals surface area contributed by atoms with E-state index in [0.29, 0.717) is 12.5 Å². The standard InChI is InChI=1S/C14H21FN2O2S/c1-9-4-5-17(10(2)6-9)20(18,19)12-7-13(15)11(3)14(16)8-12/h7-10H,4-6,16H2,1-3H3. The molecule has 1 aromatic carbocycles. The predicted octanol–water partition coefficient (Wildman–Crippen LogP) is 2.53. The second-order valence-electron chi connectivity index (χ2n) is 5.71. The minimum atomic E-state index is -3.68. The Morgan fingerprint density at radius 3 is 2.55 bits per heavy atom. The summed E-state index contributed by atoms with van der Waals surface area (Å²) in [6, 6.07) is 2.33. The molecule has 0 saturated carbocycles. The van der Waals surface area contributed by atoms with E-state index in [1.807, 2.05) is 6.92 Å². The van der Waals surface area contributed by atoms with Crippen molar-refractivity contribution in [2.75, 3.05) is 12.3 Å². The number of nitrogen functional groups attached to an aromatic ring is 1. The molecule has 0 aliphatic carbocycles. The summed E-state index contributed by atoms with van der Waals surface area (Å²) in [5.41, 5.74) is 6.13. The zero-order valence-corrected chi connectivity index (χ0v) is 12.9. The maximum absolute atomic E-state index is 13.7. The molecule has 0 bridgehead atoms. The van der Waals surface area contributed by atoms with Crippen LogP contribution in [0.5, 0.6) is 0 Å². The molecule has 0 radical (unpaired) electrons. The number of hydrogen-bond donors (Lipinski definition) is 1. The van der Waals surface area contributed by atoms with Crippen molar-refractivity contribution in [1.29, 1.82) is 0 Å². The monoisotopic (exact) mass is 300 g/mol. The van der Waals surface area contributed by atoms with Crippen LogP contribution in [0, 0.1) is 18.7 Å². The van der Waals surface area contributed by atoms with Gasteiger partial charge in [-0.2, -0.15) is 4.31 Å². The number of piperidine rings is 1. The van der Waals surface area contributed by atoms with Gasteiger partial charge in [-0.05, 0) is 44.7 Å². The molecule has 2 atom stereocenters. The predicted molar refractivity (Wildman–Crippen MR) is 77.3 cm³/mol. The number of halogens is 1. The average Bonchev–Trinajstić information content (AvgIpc) is 2.34. The smallest absolute Gasteiger partial charge is 0.243 e. The maximum atomic E-state index is 13.7. The molecule has 1 fully saturated rings. The van der Waals surface area contributed by atoms with Crippen molar-refractivity contribution < 1.29 is 12.8 Å². The lowest BCUT2D eigenvalue weighted by Gasteiger charge is -2.35. The first-order chi connectivity index (χ1) is 9.23. The van der Waals surface area contributed by atoms with Gasteiger partial charge in [0, 0.05) is 23.8 Å². The molecule has 0 amide bonds. The van der Waals surface area contributed by atoms with Crippen LogP contribution in [0.25, 0.3) is 0 Å². The van der Waals surface area contributed by atoms with E-state index in [1.54, 1.807) is 0 Å². The highest BCUT2D eigenvalue weighted by Crippen LogP contribution is 2.30.